The Hall–Kier alpha value is -2.96. The van der Waals surface area contributed by atoms with Crippen LogP contribution in [-0.4, -0.2) is 22.1 Å². The number of nitrogens with two attached hydrogens (primary N) is 1. The van der Waals surface area contributed by atoms with Gasteiger partial charge in [0.1, 0.15) is 11.3 Å². The van der Waals surface area contributed by atoms with E-state index in [1.807, 2.05) is 6.07 Å². The molecule has 30 heavy (non-hydrogen) atoms. The molecule has 1 heterocycles. The Morgan fingerprint density at radius 3 is 2.60 bits per heavy atom. The number of halogens is 5. The monoisotopic (exact) mass is 456 g/mol. The summed E-state index contributed by atoms with van der Waals surface area (Å²) in [5, 5.41) is 15.3. The van der Waals surface area contributed by atoms with Gasteiger partial charge in [-0.1, -0.05) is 23.2 Å². The number of carbonyl (C=O) groups excluding carboxylic acids is 1. The van der Waals surface area contributed by atoms with E-state index in [9.17, 15) is 23.2 Å². The second-order valence-electron chi connectivity index (χ2n) is 6.69. The molecule has 0 saturated carbocycles. The molecule has 1 unspecified atom stereocenters. The number of nitrogens with zero attached hydrogens (tertiary/aromatic N) is 3. The molecule has 2 N–H and O–H groups in total. The first-order valence-electron chi connectivity index (χ1n) is 8.36. The lowest BCUT2D eigenvalue weighted by Gasteiger charge is -2.25. The molecule has 0 saturated heterocycles. The van der Waals surface area contributed by atoms with Gasteiger partial charge >= 0.3 is 6.36 Å². The average Bonchev–Trinajstić information content (AvgIpc) is 3.06. The number of rotatable bonds is 5. The van der Waals surface area contributed by atoms with Crippen molar-refractivity contribution in [2.45, 2.75) is 25.2 Å². The van der Waals surface area contributed by atoms with E-state index in [2.05, 4.69) is 9.84 Å². The maximum Gasteiger partial charge on any atom is 0.573 e. The predicted molar refractivity (Wildman–Crippen MR) is 104 cm³/mol. The minimum Gasteiger partial charge on any atom is -0.406 e. The van der Waals surface area contributed by atoms with E-state index in [1.54, 1.807) is 18.3 Å². The van der Waals surface area contributed by atoms with Crippen LogP contribution in [0.2, 0.25) is 10.0 Å². The van der Waals surface area contributed by atoms with Gasteiger partial charge in [-0.3, -0.25) is 9.48 Å². The number of aromatic nitrogens is 2. The van der Waals surface area contributed by atoms with Crippen LogP contribution in [0.1, 0.15) is 22.8 Å². The molecule has 156 valence electrons. The molecular formula is C19H13Cl2F3N4O2. The summed E-state index contributed by atoms with van der Waals surface area (Å²) in [5.41, 5.74) is 4.16. The lowest BCUT2D eigenvalue weighted by Crippen LogP contribution is -2.30. The quantitative estimate of drug-likeness (QED) is 0.595. The van der Waals surface area contributed by atoms with Gasteiger partial charge in [0.05, 0.1) is 28.1 Å². The fourth-order valence-electron chi connectivity index (χ4n) is 3.06. The average molecular weight is 457 g/mol. The Morgan fingerprint density at radius 2 is 2.00 bits per heavy atom. The molecule has 1 aromatic heterocycles. The number of alkyl halides is 3. The number of fused-ring (bicyclic) bond motifs is 1. The third-order valence-corrected chi connectivity index (χ3v) is 5.22. The topological polar surface area (TPSA) is 93.9 Å². The Bertz CT molecular complexity index is 1190. The summed E-state index contributed by atoms with van der Waals surface area (Å²) in [5.74, 6) is -1.48. The van der Waals surface area contributed by atoms with E-state index < -0.39 is 23.4 Å². The lowest BCUT2D eigenvalue weighted by atomic mass is 9.80. The van der Waals surface area contributed by atoms with E-state index in [4.69, 9.17) is 28.9 Å². The first-order valence-corrected chi connectivity index (χ1v) is 9.11. The van der Waals surface area contributed by atoms with Crippen molar-refractivity contribution in [2.75, 3.05) is 0 Å². The Balaban J connectivity index is 2.09. The van der Waals surface area contributed by atoms with Crippen molar-refractivity contribution in [1.82, 2.24) is 9.78 Å². The zero-order valence-corrected chi connectivity index (χ0v) is 16.8. The molecule has 0 bridgehead atoms. The number of primary amides is 1. The van der Waals surface area contributed by atoms with Crippen molar-refractivity contribution in [3.05, 3.63) is 57.7 Å². The number of amides is 1. The maximum absolute atomic E-state index is 12.6. The fraction of sp³-hybridized carbons (Fsp3) is 0.211. The number of carbonyl (C=O) groups is 1. The van der Waals surface area contributed by atoms with Crippen LogP contribution < -0.4 is 10.5 Å². The normalized spacial score (nSPS) is 13.6. The molecular weight excluding hydrogens is 444 g/mol. The van der Waals surface area contributed by atoms with Crippen LogP contribution in [0.3, 0.4) is 0 Å². The number of hydrogen-bond donors (Lipinski definition) is 1. The van der Waals surface area contributed by atoms with E-state index in [0.717, 1.165) is 18.2 Å². The molecule has 0 radical (unpaired) electrons. The molecule has 3 rings (SSSR count). The summed E-state index contributed by atoms with van der Waals surface area (Å²) in [7, 11) is 0. The highest BCUT2D eigenvalue weighted by atomic mass is 35.5. The van der Waals surface area contributed by atoms with Gasteiger partial charge in [-0.25, -0.2) is 0 Å². The number of hydrogen-bond acceptors (Lipinski definition) is 4. The molecule has 0 aliphatic carbocycles. The van der Waals surface area contributed by atoms with Gasteiger partial charge in [0.2, 0.25) is 5.91 Å². The molecule has 1 atom stereocenters. The number of benzene rings is 2. The van der Waals surface area contributed by atoms with Crippen molar-refractivity contribution in [3.8, 4) is 11.8 Å². The Morgan fingerprint density at radius 1 is 1.30 bits per heavy atom. The van der Waals surface area contributed by atoms with Crippen molar-refractivity contribution >= 4 is 40.0 Å². The van der Waals surface area contributed by atoms with Crippen LogP contribution in [0.25, 0.3) is 10.9 Å². The predicted octanol–water partition coefficient (Wildman–Crippen LogP) is 4.82. The smallest absolute Gasteiger partial charge is 0.406 e. The first-order chi connectivity index (χ1) is 13.9. The second-order valence-corrected chi connectivity index (χ2v) is 7.47. The second kappa shape index (κ2) is 7.70. The van der Waals surface area contributed by atoms with Crippen molar-refractivity contribution in [2.24, 2.45) is 5.73 Å². The van der Waals surface area contributed by atoms with Gasteiger partial charge < -0.3 is 10.5 Å². The first kappa shape index (κ1) is 21.7. The zero-order valence-electron chi connectivity index (χ0n) is 15.3. The van der Waals surface area contributed by atoms with Crippen LogP contribution in [-0.2, 0) is 12.0 Å². The van der Waals surface area contributed by atoms with Crippen LogP contribution >= 0.6 is 23.2 Å². The van der Waals surface area contributed by atoms with E-state index >= 15 is 0 Å². The van der Waals surface area contributed by atoms with Gasteiger partial charge in [0.15, 0.2) is 0 Å². The van der Waals surface area contributed by atoms with Crippen molar-refractivity contribution in [3.63, 3.8) is 0 Å². The highest BCUT2D eigenvalue weighted by Crippen LogP contribution is 2.35. The minimum absolute atomic E-state index is 0.0251. The van der Waals surface area contributed by atoms with Gasteiger partial charge in [-0.15, -0.1) is 13.2 Å². The molecule has 6 nitrogen and oxygen atoms in total. The summed E-state index contributed by atoms with van der Waals surface area (Å²) in [6.07, 6.45) is -3.34. The lowest BCUT2D eigenvalue weighted by molar-refractivity contribution is -0.274. The Kier molecular flexibility index (Phi) is 5.58. The molecule has 0 aliphatic rings. The molecule has 11 heteroatoms. The highest BCUT2D eigenvalue weighted by Gasteiger charge is 2.35. The standard InChI is InChI=1S/C19H13Cl2F3N4O2/c1-18(8-25,9-28-7-10-2-5-14(20)15(21)16(10)27-28)13-6-11(30-19(22,23)24)3-4-12(13)17(26)29/h2-7H,9H2,1H3,(H2,26,29). The summed E-state index contributed by atoms with van der Waals surface area (Å²) in [4.78, 5) is 11.9. The molecule has 1 amide bonds. The van der Waals surface area contributed by atoms with Crippen molar-refractivity contribution in [1.29, 1.82) is 5.26 Å². The molecule has 0 aliphatic heterocycles. The van der Waals surface area contributed by atoms with Crippen LogP contribution in [0.5, 0.6) is 5.75 Å². The molecule has 0 fully saturated rings. The van der Waals surface area contributed by atoms with Gasteiger partial charge in [0.25, 0.3) is 0 Å². The summed E-state index contributed by atoms with van der Waals surface area (Å²) < 4.78 is 43.2. The van der Waals surface area contributed by atoms with E-state index in [-0.39, 0.29) is 22.7 Å². The molecule has 0 spiro atoms. The zero-order chi connectivity index (χ0) is 22.3. The summed E-state index contributed by atoms with van der Waals surface area (Å²) >= 11 is 12.1. The largest absolute Gasteiger partial charge is 0.573 e. The van der Waals surface area contributed by atoms with Crippen LogP contribution in [0.15, 0.2) is 36.5 Å². The highest BCUT2D eigenvalue weighted by molar-refractivity contribution is 6.44. The fourth-order valence-corrected chi connectivity index (χ4v) is 3.42. The van der Waals surface area contributed by atoms with Crippen molar-refractivity contribution < 1.29 is 22.7 Å². The van der Waals surface area contributed by atoms with Gasteiger partial charge in [0, 0.05) is 17.1 Å². The SMILES string of the molecule is CC(C#N)(Cn1cc2ccc(Cl)c(Cl)c2n1)c1cc(OC(F)(F)F)ccc1C(N)=O. The third-order valence-electron chi connectivity index (χ3n) is 4.43. The molecule has 3 aromatic rings. The van der Waals surface area contributed by atoms with E-state index in [0.29, 0.717) is 15.9 Å². The number of ether oxygens (including phenoxy) is 1. The summed E-state index contributed by atoms with van der Waals surface area (Å²) in [6, 6.07) is 8.33. The number of nitriles is 1. The van der Waals surface area contributed by atoms with Gasteiger partial charge in [-0.2, -0.15) is 10.4 Å². The Labute approximate surface area is 178 Å². The minimum atomic E-state index is -4.94. The third kappa shape index (κ3) is 4.30. The van der Waals surface area contributed by atoms with Gasteiger partial charge in [-0.05, 0) is 42.8 Å². The maximum atomic E-state index is 12.6. The van der Waals surface area contributed by atoms with E-state index in [1.165, 1.54) is 11.6 Å². The summed E-state index contributed by atoms with van der Waals surface area (Å²) in [6.45, 7) is 1.34. The molecule has 2 aromatic carbocycles. The van der Waals surface area contributed by atoms with Crippen LogP contribution in [0, 0.1) is 11.3 Å². The van der Waals surface area contributed by atoms with Crippen LogP contribution in [0.4, 0.5) is 13.2 Å².